The number of phenolic OH excluding ortho intramolecular Hbond substituents is 1. The Morgan fingerprint density at radius 3 is 2.78 bits per heavy atom. The van der Waals surface area contributed by atoms with Gasteiger partial charge in [0.1, 0.15) is 0 Å². The second-order valence-electron chi connectivity index (χ2n) is 3.73. The number of aromatic hydroxyl groups is 1. The summed E-state index contributed by atoms with van der Waals surface area (Å²) in [6.07, 6.45) is 2.11. The van der Waals surface area contributed by atoms with E-state index >= 15 is 0 Å². The van der Waals surface area contributed by atoms with Crippen molar-refractivity contribution in [3.63, 3.8) is 0 Å². The summed E-state index contributed by atoms with van der Waals surface area (Å²) >= 11 is 6.27. The van der Waals surface area contributed by atoms with Crippen LogP contribution in [0.25, 0.3) is 11.1 Å². The SMILES string of the molecule is CCc1cc(OC)c(O)c(-c2cnoc2N)c1Cl. The third kappa shape index (κ3) is 1.86. The Kier molecular flexibility index (Phi) is 3.34. The number of benzene rings is 1. The summed E-state index contributed by atoms with van der Waals surface area (Å²) in [7, 11) is 1.48. The Morgan fingerprint density at radius 1 is 1.56 bits per heavy atom. The highest BCUT2D eigenvalue weighted by atomic mass is 35.5. The minimum Gasteiger partial charge on any atom is -0.504 e. The minimum absolute atomic E-state index is 0.0744. The van der Waals surface area contributed by atoms with Crippen LogP contribution in [0, 0.1) is 0 Å². The first kappa shape index (κ1) is 12.6. The van der Waals surface area contributed by atoms with Gasteiger partial charge in [-0.3, -0.25) is 0 Å². The average molecular weight is 269 g/mol. The van der Waals surface area contributed by atoms with Crippen molar-refractivity contribution in [3.8, 4) is 22.6 Å². The number of aryl methyl sites for hydroxylation is 1. The molecule has 0 aliphatic heterocycles. The quantitative estimate of drug-likeness (QED) is 0.894. The maximum atomic E-state index is 10.2. The minimum atomic E-state index is -0.0744. The van der Waals surface area contributed by atoms with Crippen molar-refractivity contribution in [2.24, 2.45) is 0 Å². The third-order valence-corrected chi connectivity index (χ3v) is 3.18. The Hall–Kier alpha value is -1.88. The van der Waals surface area contributed by atoms with E-state index < -0.39 is 0 Å². The van der Waals surface area contributed by atoms with Crippen molar-refractivity contribution >= 4 is 17.5 Å². The molecule has 0 fully saturated rings. The number of anilines is 1. The molecule has 1 aromatic carbocycles. The molecule has 0 spiro atoms. The zero-order chi connectivity index (χ0) is 13.3. The van der Waals surface area contributed by atoms with Crippen LogP contribution in [0.4, 0.5) is 5.88 Å². The molecule has 0 aliphatic carbocycles. The number of phenols is 1. The summed E-state index contributed by atoms with van der Waals surface area (Å²) < 4.78 is 9.91. The first-order valence-corrected chi connectivity index (χ1v) is 5.76. The molecule has 1 heterocycles. The lowest BCUT2D eigenvalue weighted by atomic mass is 10.0. The number of methoxy groups -OCH3 is 1. The van der Waals surface area contributed by atoms with Gasteiger partial charge in [0.15, 0.2) is 11.5 Å². The summed E-state index contributed by atoms with van der Waals surface area (Å²) in [4.78, 5) is 0. The Morgan fingerprint density at radius 2 is 2.28 bits per heavy atom. The van der Waals surface area contributed by atoms with Gasteiger partial charge in [0.25, 0.3) is 0 Å². The van der Waals surface area contributed by atoms with Crippen LogP contribution in [0.3, 0.4) is 0 Å². The molecule has 1 aromatic heterocycles. The summed E-state index contributed by atoms with van der Waals surface area (Å²) in [6.45, 7) is 1.96. The Bertz CT molecular complexity index is 553. The van der Waals surface area contributed by atoms with Crippen LogP contribution < -0.4 is 10.5 Å². The highest BCUT2D eigenvalue weighted by Crippen LogP contribution is 2.45. The first-order valence-electron chi connectivity index (χ1n) is 5.39. The normalized spacial score (nSPS) is 10.6. The van der Waals surface area contributed by atoms with E-state index in [-0.39, 0.29) is 11.6 Å². The third-order valence-electron chi connectivity index (χ3n) is 2.75. The maximum absolute atomic E-state index is 10.2. The van der Waals surface area contributed by atoms with Gasteiger partial charge in [0, 0.05) is 0 Å². The molecule has 0 unspecified atom stereocenters. The van der Waals surface area contributed by atoms with E-state index in [0.717, 1.165) is 5.56 Å². The second-order valence-corrected chi connectivity index (χ2v) is 4.11. The van der Waals surface area contributed by atoms with E-state index in [9.17, 15) is 5.11 Å². The molecule has 96 valence electrons. The molecular formula is C12H13ClN2O3. The maximum Gasteiger partial charge on any atom is 0.230 e. The van der Waals surface area contributed by atoms with Crippen LogP contribution in [0.5, 0.6) is 11.5 Å². The van der Waals surface area contributed by atoms with Crippen molar-refractivity contribution in [2.75, 3.05) is 12.8 Å². The smallest absolute Gasteiger partial charge is 0.230 e. The molecule has 2 rings (SSSR count). The fraction of sp³-hybridized carbons (Fsp3) is 0.250. The van der Waals surface area contributed by atoms with Crippen LogP contribution in [0.1, 0.15) is 12.5 Å². The topological polar surface area (TPSA) is 81.5 Å². The summed E-state index contributed by atoms with van der Waals surface area (Å²) in [5, 5.41) is 14.2. The molecule has 0 aliphatic rings. The van der Waals surface area contributed by atoms with Gasteiger partial charge in [-0.2, -0.15) is 0 Å². The van der Waals surface area contributed by atoms with E-state index in [1.54, 1.807) is 6.07 Å². The van der Waals surface area contributed by atoms with Gasteiger partial charge in [0.05, 0.1) is 29.5 Å². The Balaban J connectivity index is 2.76. The molecule has 5 nitrogen and oxygen atoms in total. The Labute approximate surface area is 109 Å². The monoisotopic (exact) mass is 268 g/mol. The van der Waals surface area contributed by atoms with Gasteiger partial charge < -0.3 is 20.1 Å². The van der Waals surface area contributed by atoms with Crippen molar-refractivity contribution in [2.45, 2.75) is 13.3 Å². The summed E-state index contributed by atoms with van der Waals surface area (Å²) in [5.74, 6) is 0.365. The molecule has 18 heavy (non-hydrogen) atoms. The van der Waals surface area contributed by atoms with Gasteiger partial charge in [0.2, 0.25) is 5.88 Å². The van der Waals surface area contributed by atoms with E-state index in [1.807, 2.05) is 6.92 Å². The van der Waals surface area contributed by atoms with Crippen LogP contribution in [-0.4, -0.2) is 17.4 Å². The van der Waals surface area contributed by atoms with Crippen molar-refractivity contribution in [3.05, 3.63) is 22.8 Å². The molecule has 0 amide bonds. The first-order chi connectivity index (χ1) is 8.60. The van der Waals surface area contributed by atoms with Crippen molar-refractivity contribution in [1.29, 1.82) is 0 Å². The molecule has 0 radical (unpaired) electrons. The molecular weight excluding hydrogens is 256 g/mol. The largest absolute Gasteiger partial charge is 0.504 e. The summed E-state index contributed by atoms with van der Waals surface area (Å²) in [6, 6.07) is 1.70. The number of hydrogen-bond donors (Lipinski definition) is 2. The lowest BCUT2D eigenvalue weighted by Crippen LogP contribution is -1.94. The van der Waals surface area contributed by atoms with Crippen LogP contribution in [0.15, 0.2) is 16.8 Å². The van der Waals surface area contributed by atoms with Gasteiger partial charge in [-0.1, -0.05) is 23.7 Å². The predicted octanol–water partition coefficient (Wildman–Crippen LogP) is 2.85. The summed E-state index contributed by atoms with van der Waals surface area (Å²) in [5.41, 5.74) is 7.33. The molecule has 0 saturated heterocycles. The standard InChI is InChI=1S/C12H13ClN2O3/c1-3-6-4-8(17-2)11(16)9(10(6)13)7-5-15-18-12(7)14/h4-5,16H,3,14H2,1-2H3. The molecule has 3 N–H and O–H groups in total. The molecule has 0 atom stereocenters. The van der Waals surface area contributed by atoms with E-state index in [0.29, 0.717) is 28.3 Å². The number of nitrogens with two attached hydrogens (primary N) is 1. The lowest BCUT2D eigenvalue weighted by Gasteiger charge is -2.13. The van der Waals surface area contributed by atoms with Crippen molar-refractivity contribution in [1.82, 2.24) is 5.16 Å². The fourth-order valence-electron chi connectivity index (χ4n) is 1.77. The number of nitrogens with zero attached hydrogens (tertiary/aromatic N) is 1. The van der Waals surface area contributed by atoms with Crippen LogP contribution >= 0.6 is 11.6 Å². The number of aromatic nitrogens is 1. The molecule has 0 saturated carbocycles. The van der Waals surface area contributed by atoms with Gasteiger partial charge in [-0.15, -0.1) is 0 Å². The van der Waals surface area contributed by atoms with Crippen molar-refractivity contribution < 1.29 is 14.4 Å². The number of rotatable bonds is 3. The number of ether oxygens (including phenoxy) is 1. The fourth-order valence-corrected chi connectivity index (χ4v) is 2.15. The van der Waals surface area contributed by atoms with Crippen LogP contribution in [-0.2, 0) is 6.42 Å². The van der Waals surface area contributed by atoms with E-state index in [2.05, 4.69) is 5.16 Å². The highest BCUT2D eigenvalue weighted by molar-refractivity contribution is 6.34. The molecule has 0 bridgehead atoms. The molecule has 2 aromatic rings. The zero-order valence-corrected chi connectivity index (χ0v) is 10.8. The average Bonchev–Trinajstić information content (AvgIpc) is 2.76. The van der Waals surface area contributed by atoms with Gasteiger partial charge in [-0.25, -0.2) is 0 Å². The lowest BCUT2D eigenvalue weighted by molar-refractivity contribution is 0.374. The predicted molar refractivity (Wildman–Crippen MR) is 69.0 cm³/mol. The van der Waals surface area contributed by atoms with Gasteiger partial charge in [-0.05, 0) is 18.1 Å². The number of nitrogen functional groups attached to an aromatic ring is 1. The zero-order valence-electron chi connectivity index (χ0n) is 10.0. The highest BCUT2D eigenvalue weighted by Gasteiger charge is 2.21. The molecule has 6 heteroatoms. The van der Waals surface area contributed by atoms with E-state index in [4.69, 9.17) is 26.6 Å². The van der Waals surface area contributed by atoms with E-state index in [1.165, 1.54) is 13.3 Å². The van der Waals surface area contributed by atoms with Crippen LogP contribution in [0.2, 0.25) is 5.02 Å². The second kappa shape index (κ2) is 4.78. The number of halogens is 1. The number of hydrogen-bond acceptors (Lipinski definition) is 5. The van der Waals surface area contributed by atoms with Gasteiger partial charge >= 0.3 is 0 Å².